The largest absolute Gasteiger partial charge is 0.212 e. The average Bonchev–Trinajstić information content (AvgIpc) is 3.26. The Morgan fingerprint density at radius 2 is 1.20 bits per heavy atom. The van der Waals surface area contributed by atoms with Crippen molar-refractivity contribution in [1.82, 2.24) is 15.0 Å². The van der Waals surface area contributed by atoms with Gasteiger partial charge in [-0.3, -0.25) is 0 Å². The SMILES string of the molecule is c1ccc(-c2c(P(C3CCCCC3)C3CCCCC3)nnn2-c2ccccc2)cc1. The maximum absolute atomic E-state index is 4.96. The van der Waals surface area contributed by atoms with Crippen LogP contribution in [0.15, 0.2) is 60.7 Å². The molecule has 2 aliphatic rings. The number of hydrogen-bond donors (Lipinski definition) is 0. The van der Waals surface area contributed by atoms with Gasteiger partial charge in [0.1, 0.15) is 11.1 Å². The first-order valence-corrected chi connectivity index (χ1v) is 13.2. The predicted octanol–water partition coefficient (Wildman–Crippen LogP) is 6.71. The van der Waals surface area contributed by atoms with Crippen LogP contribution in [0.5, 0.6) is 0 Å². The summed E-state index contributed by atoms with van der Waals surface area (Å²) in [5.41, 5.74) is 6.56. The number of nitrogens with zero attached hydrogens (tertiary/aromatic N) is 3. The van der Waals surface area contributed by atoms with Crippen molar-refractivity contribution in [3.8, 4) is 16.9 Å². The molecule has 156 valence electrons. The van der Waals surface area contributed by atoms with E-state index in [1.165, 1.54) is 80.9 Å². The highest BCUT2D eigenvalue weighted by atomic mass is 31.1. The zero-order valence-electron chi connectivity index (χ0n) is 17.8. The molecule has 3 aromatic rings. The van der Waals surface area contributed by atoms with Gasteiger partial charge in [-0.2, -0.15) is 0 Å². The molecule has 0 spiro atoms. The zero-order valence-corrected chi connectivity index (χ0v) is 18.7. The molecule has 3 nitrogen and oxygen atoms in total. The normalized spacial score (nSPS) is 18.7. The summed E-state index contributed by atoms with van der Waals surface area (Å²) in [7, 11) is -0.300. The molecule has 0 N–H and O–H groups in total. The van der Waals surface area contributed by atoms with E-state index in [-0.39, 0.29) is 7.92 Å². The summed E-state index contributed by atoms with van der Waals surface area (Å²) in [6.45, 7) is 0. The summed E-state index contributed by atoms with van der Waals surface area (Å²) < 4.78 is 2.10. The number of benzene rings is 2. The quantitative estimate of drug-likeness (QED) is 0.432. The maximum atomic E-state index is 4.96. The molecular formula is C26H32N3P. The molecule has 0 saturated heterocycles. The van der Waals surface area contributed by atoms with Crippen molar-refractivity contribution >= 4 is 13.4 Å². The van der Waals surface area contributed by atoms with Gasteiger partial charge in [0, 0.05) is 5.56 Å². The minimum Gasteiger partial charge on any atom is -0.212 e. The van der Waals surface area contributed by atoms with Crippen LogP contribution < -0.4 is 5.44 Å². The zero-order chi connectivity index (χ0) is 20.2. The van der Waals surface area contributed by atoms with Crippen LogP contribution in [-0.2, 0) is 0 Å². The summed E-state index contributed by atoms with van der Waals surface area (Å²) in [5.74, 6) is 0. The third-order valence-corrected chi connectivity index (χ3v) is 10.3. The number of para-hydroxylation sites is 1. The van der Waals surface area contributed by atoms with Crippen LogP contribution in [-0.4, -0.2) is 26.3 Å². The third kappa shape index (κ3) is 4.10. The van der Waals surface area contributed by atoms with Crippen LogP contribution in [0, 0.1) is 0 Å². The number of aromatic nitrogens is 3. The lowest BCUT2D eigenvalue weighted by atomic mass is 9.99. The van der Waals surface area contributed by atoms with Crippen molar-refractivity contribution in [2.45, 2.75) is 75.5 Å². The van der Waals surface area contributed by atoms with Crippen molar-refractivity contribution in [2.24, 2.45) is 0 Å². The van der Waals surface area contributed by atoms with E-state index in [9.17, 15) is 0 Å². The van der Waals surface area contributed by atoms with E-state index < -0.39 is 0 Å². The second-order valence-corrected chi connectivity index (χ2v) is 11.6. The van der Waals surface area contributed by atoms with E-state index in [2.05, 4.69) is 65.3 Å². The van der Waals surface area contributed by atoms with Gasteiger partial charge in [0.05, 0.1) is 5.69 Å². The van der Waals surface area contributed by atoms with Crippen LogP contribution in [0.2, 0.25) is 0 Å². The molecule has 0 atom stereocenters. The molecule has 30 heavy (non-hydrogen) atoms. The molecule has 5 rings (SSSR count). The van der Waals surface area contributed by atoms with E-state index >= 15 is 0 Å². The van der Waals surface area contributed by atoms with Crippen LogP contribution in [0.25, 0.3) is 16.9 Å². The molecule has 0 unspecified atom stereocenters. The molecule has 2 saturated carbocycles. The Kier molecular flexibility index (Phi) is 6.27. The van der Waals surface area contributed by atoms with Crippen molar-refractivity contribution in [1.29, 1.82) is 0 Å². The van der Waals surface area contributed by atoms with Crippen LogP contribution in [0.1, 0.15) is 64.2 Å². The van der Waals surface area contributed by atoms with Gasteiger partial charge in [0.25, 0.3) is 0 Å². The Labute approximate surface area is 181 Å². The highest BCUT2D eigenvalue weighted by Gasteiger charge is 2.36. The minimum atomic E-state index is -0.300. The summed E-state index contributed by atoms with van der Waals surface area (Å²) in [4.78, 5) is 0. The first kappa shape index (κ1) is 19.9. The summed E-state index contributed by atoms with van der Waals surface area (Å²) in [6.07, 6.45) is 13.9. The molecule has 0 aliphatic heterocycles. The Hall–Kier alpha value is -1.99. The monoisotopic (exact) mass is 417 g/mol. The van der Waals surface area contributed by atoms with E-state index in [0.717, 1.165) is 17.0 Å². The van der Waals surface area contributed by atoms with Crippen LogP contribution in [0.4, 0.5) is 0 Å². The Bertz CT molecular complexity index is 907. The number of hydrogen-bond acceptors (Lipinski definition) is 2. The van der Waals surface area contributed by atoms with Gasteiger partial charge in [0.15, 0.2) is 0 Å². The smallest absolute Gasteiger partial charge is 0.114 e. The van der Waals surface area contributed by atoms with Crippen molar-refractivity contribution in [3.63, 3.8) is 0 Å². The summed E-state index contributed by atoms with van der Waals surface area (Å²) in [6, 6.07) is 21.4. The summed E-state index contributed by atoms with van der Waals surface area (Å²) >= 11 is 0. The average molecular weight is 418 g/mol. The second kappa shape index (κ2) is 9.43. The highest BCUT2D eigenvalue weighted by Crippen LogP contribution is 2.55. The van der Waals surface area contributed by atoms with Gasteiger partial charge in [-0.1, -0.05) is 92.3 Å². The number of rotatable bonds is 5. The van der Waals surface area contributed by atoms with Crippen molar-refractivity contribution in [3.05, 3.63) is 60.7 Å². The Morgan fingerprint density at radius 1 is 0.667 bits per heavy atom. The third-order valence-electron chi connectivity index (χ3n) is 6.88. The minimum absolute atomic E-state index is 0.300. The second-order valence-electron chi connectivity index (χ2n) is 8.87. The first-order valence-electron chi connectivity index (χ1n) is 11.8. The van der Waals surface area contributed by atoms with Gasteiger partial charge in [-0.05, 0) is 57.1 Å². The standard InChI is InChI=1S/C26H32N3P/c1-5-13-21(14-6-1)25-26(27-28-29(25)22-15-7-2-8-16-22)30(23-17-9-3-10-18-23)24-19-11-4-12-20-24/h1-2,5-8,13-16,23-24H,3-4,9-12,17-20H2. The van der Waals surface area contributed by atoms with E-state index in [4.69, 9.17) is 10.3 Å². The van der Waals surface area contributed by atoms with Crippen molar-refractivity contribution in [2.75, 3.05) is 0 Å². The lowest BCUT2D eigenvalue weighted by molar-refractivity contribution is 0.486. The van der Waals surface area contributed by atoms with Crippen molar-refractivity contribution < 1.29 is 0 Å². The molecule has 2 fully saturated rings. The maximum Gasteiger partial charge on any atom is 0.114 e. The van der Waals surface area contributed by atoms with Crippen LogP contribution >= 0.6 is 7.92 Å². The van der Waals surface area contributed by atoms with E-state index in [0.29, 0.717) is 0 Å². The predicted molar refractivity (Wildman–Crippen MR) is 127 cm³/mol. The molecule has 1 aromatic heterocycles. The fourth-order valence-corrected chi connectivity index (χ4v) is 9.15. The topological polar surface area (TPSA) is 30.7 Å². The fourth-order valence-electron chi connectivity index (χ4n) is 5.41. The van der Waals surface area contributed by atoms with Gasteiger partial charge < -0.3 is 0 Å². The Morgan fingerprint density at radius 3 is 1.77 bits per heavy atom. The van der Waals surface area contributed by atoms with Gasteiger partial charge in [-0.15, -0.1) is 5.10 Å². The lowest BCUT2D eigenvalue weighted by Crippen LogP contribution is -2.28. The van der Waals surface area contributed by atoms with E-state index in [1.807, 2.05) is 0 Å². The molecule has 0 bridgehead atoms. The van der Waals surface area contributed by atoms with Gasteiger partial charge in [-0.25, -0.2) is 4.68 Å². The Balaban J connectivity index is 1.64. The summed E-state index contributed by atoms with van der Waals surface area (Å²) in [5, 5.41) is 9.72. The highest BCUT2D eigenvalue weighted by molar-refractivity contribution is 7.67. The van der Waals surface area contributed by atoms with Gasteiger partial charge in [0.2, 0.25) is 0 Å². The molecule has 2 aliphatic carbocycles. The molecule has 1 heterocycles. The van der Waals surface area contributed by atoms with Crippen LogP contribution in [0.3, 0.4) is 0 Å². The van der Waals surface area contributed by atoms with Gasteiger partial charge >= 0.3 is 0 Å². The lowest BCUT2D eigenvalue weighted by Gasteiger charge is -2.37. The fraction of sp³-hybridized carbons (Fsp3) is 0.462. The molecule has 0 amide bonds. The first-order chi connectivity index (χ1) is 14.9. The molecular weight excluding hydrogens is 385 g/mol. The van der Waals surface area contributed by atoms with E-state index in [1.54, 1.807) is 0 Å². The molecule has 0 radical (unpaired) electrons. The molecule has 2 aromatic carbocycles. The molecule has 4 heteroatoms.